The van der Waals surface area contributed by atoms with Crippen LogP contribution in [0.4, 0.5) is 0 Å². The molecule has 0 aliphatic carbocycles. The highest BCUT2D eigenvalue weighted by Gasteiger charge is 2.36. The van der Waals surface area contributed by atoms with Crippen molar-refractivity contribution in [3.63, 3.8) is 0 Å². The first-order valence-corrected chi connectivity index (χ1v) is 3.32. The first-order valence-electron chi connectivity index (χ1n) is 3.32. The second-order valence-electron chi connectivity index (χ2n) is 2.48. The molecule has 0 radical (unpaired) electrons. The predicted octanol–water partition coefficient (Wildman–Crippen LogP) is -1.98. The van der Waals surface area contributed by atoms with Gasteiger partial charge in [0.1, 0.15) is 12.2 Å². The lowest BCUT2D eigenvalue weighted by molar-refractivity contribution is -0.151. The maximum absolute atomic E-state index is 10.5. The highest BCUT2D eigenvalue weighted by molar-refractivity contribution is 5.76. The third kappa shape index (κ3) is 1.68. The van der Waals surface area contributed by atoms with E-state index < -0.39 is 30.9 Å². The van der Waals surface area contributed by atoms with Crippen molar-refractivity contribution in [1.29, 1.82) is 0 Å². The first kappa shape index (κ1) is 8.45. The van der Waals surface area contributed by atoms with Crippen molar-refractivity contribution in [2.75, 3.05) is 6.61 Å². The molecule has 0 saturated carbocycles. The molecule has 5 nitrogen and oxygen atoms in total. The van der Waals surface area contributed by atoms with Crippen LogP contribution in [0.5, 0.6) is 0 Å². The summed E-state index contributed by atoms with van der Waals surface area (Å²) >= 11 is 0. The second-order valence-corrected chi connectivity index (χ2v) is 2.48. The normalized spacial score (nSPS) is 33.5. The van der Waals surface area contributed by atoms with E-state index in [9.17, 15) is 4.79 Å². The van der Waals surface area contributed by atoms with Crippen LogP contribution in [0.1, 0.15) is 6.42 Å². The van der Waals surface area contributed by atoms with Crippen LogP contribution in [0.2, 0.25) is 0 Å². The Balaban J connectivity index is 2.46. The molecule has 64 valence electrons. The second kappa shape index (κ2) is 3.17. The van der Waals surface area contributed by atoms with Gasteiger partial charge in [0.05, 0.1) is 6.61 Å². The van der Waals surface area contributed by atoms with E-state index in [4.69, 9.17) is 15.3 Å². The Labute approximate surface area is 63.2 Å². The number of hydrogen-bond acceptors (Lipinski definition) is 5. The highest BCUT2D eigenvalue weighted by atomic mass is 16.6. The van der Waals surface area contributed by atoms with E-state index in [0.717, 1.165) is 0 Å². The van der Waals surface area contributed by atoms with Gasteiger partial charge in [-0.15, -0.1) is 0 Å². The van der Waals surface area contributed by atoms with Crippen molar-refractivity contribution in [2.24, 2.45) is 0 Å². The van der Waals surface area contributed by atoms with E-state index in [2.05, 4.69) is 4.74 Å². The van der Waals surface area contributed by atoms with Crippen LogP contribution in [0.15, 0.2) is 0 Å². The monoisotopic (exact) mass is 162 g/mol. The van der Waals surface area contributed by atoms with Crippen LogP contribution in [0.3, 0.4) is 0 Å². The average molecular weight is 162 g/mol. The van der Waals surface area contributed by atoms with Gasteiger partial charge in [-0.25, -0.2) is 4.79 Å². The predicted molar refractivity (Wildman–Crippen MR) is 33.6 cm³/mol. The molecule has 3 atom stereocenters. The minimum absolute atomic E-state index is 0.0561. The zero-order valence-electron chi connectivity index (χ0n) is 5.80. The number of aliphatic hydroxyl groups excluding tert-OH is 3. The number of esters is 1. The average Bonchev–Trinajstić information content (AvgIpc) is 2.31. The Kier molecular flexibility index (Phi) is 2.43. The zero-order valence-corrected chi connectivity index (χ0v) is 5.80. The first-order chi connectivity index (χ1) is 5.15. The number of cyclic esters (lactones) is 1. The Morgan fingerprint density at radius 1 is 1.73 bits per heavy atom. The summed E-state index contributed by atoms with van der Waals surface area (Å²) in [6.07, 6.45) is -2.94. The molecule has 0 aromatic carbocycles. The SMILES string of the molecule is O=C1OC(C(O)CO)C[C@H]1O. The summed E-state index contributed by atoms with van der Waals surface area (Å²) in [4.78, 5) is 10.5. The Hall–Kier alpha value is -0.650. The Morgan fingerprint density at radius 3 is 2.73 bits per heavy atom. The molecule has 1 heterocycles. The van der Waals surface area contributed by atoms with E-state index in [1.165, 1.54) is 0 Å². The van der Waals surface area contributed by atoms with Crippen molar-refractivity contribution in [1.82, 2.24) is 0 Å². The molecule has 0 spiro atoms. The van der Waals surface area contributed by atoms with Gasteiger partial charge >= 0.3 is 5.97 Å². The Bertz CT molecular complexity index is 157. The summed E-state index contributed by atoms with van der Waals surface area (Å²) in [5, 5.41) is 26.2. The van der Waals surface area contributed by atoms with Gasteiger partial charge in [-0.2, -0.15) is 0 Å². The number of hydrogen-bond donors (Lipinski definition) is 3. The minimum atomic E-state index is -1.15. The van der Waals surface area contributed by atoms with Crippen molar-refractivity contribution < 1.29 is 24.9 Å². The zero-order chi connectivity index (χ0) is 8.43. The molecule has 0 amide bonds. The van der Waals surface area contributed by atoms with E-state index in [1.807, 2.05) is 0 Å². The maximum atomic E-state index is 10.5. The quantitative estimate of drug-likeness (QED) is 0.409. The summed E-state index contributed by atoms with van der Waals surface area (Å²) in [6, 6.07) is 0. The molecule has 3 N–H and O–H groups in total. The number of aliphatic hydroxyl groups is 3. The van der Waals surface area contributed by atoms with Gasteiger partial charge in [0.2, 0.25) is 0 Å². The van der Waals surface area contributed by atoms with Crippen LogP contribution < -0.4 is 0 Å². The lowest BCUT2D eigenvalue weighted by Crippen LogP contribution is -2.29. The molecule has 0 bridgehead atoms. The molecule has 1 fully saturated rings. The molecule has 2 unspecified atom stereocenters. The third-order valence-corrected chi connectivity index (χ3v) is 1.61. The summed E-state index contributed by atoms with van der Waals surface area (Å²) in [6.45, 7) is -0.468. The van der Waals surface area contributed by atoms with Crippen LogP contribution >= 0.6 is 0 Å². The van der Waals surface area contributed by atoms with Gasteiger partial charge in [-0.1, -0.05) is 0 Å². The molecule has 0 aromatic rings. The third-order valence-electron chi connectivity index (χ3n) is 1.61. The Morgan fingerprint density at radius 2 is 2.36 bits per heavy atom. The lowest BCUT2D eigenvalue weighted by atomic mass is 10.1. The standard InChI is InChI=1S/C6H10O5/c7-2-4(9)5-1-3(8)6(10)11-5/h3-5,7-9H,1-2H2/t3-,4?,5?/m1/s1. The molecule has 1 aliphatic heterocycles. The minimum Gasteiger partial charge on any atom is -0.457 e. The molecule has 11 heavy (non-hydrogen) atoms. The summed E-state index contributed by atoms with van der Waals surface area (Å²) < 4.78 is 4.53. The van der Waals surface area contributed by atoms with Crippen molar-refractivity contribution in [3.05, 3.63) is 0 Å². The van der Waals surface area contributed by atoms with Crippen LogP contribution in [-0.4, -0.2) is 46.2 Å². The maximum Gasteiger partial charge on any atom is 0.335 e. The molecule has 0 aromatic heterocycles. The van der Waals surface area contributed by atoms with E-state index >= 15 is 0 Å². The fourth-order valence-electron chi connectivity index (χ4n) is 0.945. The van der Waals surface area contributed by atoms with E-state index in [-0.39, 0.29) is 6.42 Å². The summed E-state index contributed by atoms with van der Waals surface area (Å²) in [5.74, 6) is -0.734. The van der Waals surface area contributed by atoms with Gasteiger partial charge < -0.3 is 20.1 Å². The molecule has 1 rings (SSSR count). The van der Waals surface area contributed by atoms with Crippen LogP contribution in [0, 0.1) is 0 Å². The van der Waals surface area contributed by atoms with E-state index in [1.54, 1.807) is 0 Å². The van der Waals surface area contributed by atoms with Crippen LogP contribution in [-0.2, 0) is 9.53 Å². The fourth-order valence-corrected chi connectivity index (χ4v) is 0.945. The van der Waals surface area contributed by atoms with Crippen LogP contribution in [0.25, 0.3) is 0 Å². The topological polar surface area (TPSA) is 87.0 Å². The van der Waals surface area contributed by atoms with E-state index in [0.29, 0.717) is 0 Å². The number of ether oxygens (including phenoxy) is 1. The lowest BCUT2D eigenvalue weighted by Gasteiger charge is -2.12. The fraction of sp³-hybridized carbons (Fsp3) is 0.833. The molecule has 5 heteroatoms. The number of carbonyl (C=O) groups excluding carboxylic acids is 1. The van der Waals surface area contributed by atoms with Gasteiger partial charge in [0.25, 0.3) is 0 Å². The molecule has 1 saturated heterocycles. The molecular weight excluding hydrogens is 152 g/mol. The largest absolute Gasteiger partial charge is 0.457 e. The van der Waals surface area contributed by atoms with Gasteiger partial charge in [0.15, 0.2) is 6.10 Å². The van der Waals surface area contributed by atoms with Crippen molar-refractivity contribution >= 4 is 5.97 Å². The van der Waals surface area contributed by atoms with Crippen molar-refractivity contribution in [2.45, 2.75) is 24.7 Å². The van der Waals surface area contributed by atoms with Gasteiger partial charge in [0, 0.05) is 6.42 Å². The summed E-state index contributed by atoms with van der Waals surface area (Å²) in [5.41, 5.74) is 0. The highest BCUT2D eigenvalue weighted by Crippen LogP contribution is 2.17. The molecule has 1 aliphatic rings. The van der Waals surface area contributed by atoms with Gasteiger partial charge in [-0.3, -0.25) is 0 Å². The number of carbonyl (C=O) groups is 1. The molecular formula is C6H10O5. The van der Waals surface area contributed by atoms with Gasteiger partial charge in [-0.05, 0) is 0 Å². The van der Waals surface area contributed by atoms with Crippen molar-refractivity contribution in [3.8, 4) is 0 Å². The smallest absolute Gasteiger partial charge is 0.335 e. The summed E-state index contributed by atoms with van der Waals surface area (Å²) in [7, 11) is 0. The number of rotatable bonds is 2.